The highest BCUT2D eigenvalue weighted by atomic mass is 32.2. The van der Waals surface area contributed by atoms with Crippen LogP contribution in [0.1, 0.15) is 18.5 Å². The molecular weight excluding hydrogens is 492 g/mol. The van der Waals surface area contributed by atoms with Crippen LogP contribution in [-0.2, 0) is 21.4 Å². The van der Waals surface area contributed by atoms with Crippen molar-refractivity contribution in [3.63, 3.8) is 0 Å². The molecule has 2 atom stereocenters. The van der Waals surface area contributed by atoms with Crippen LogP contribution in [0.5, 0.6) is 0 Å². The molecule has 174 valence electrons. The summed E-state index contributed by atoms with van der Waals surface area (Å²) in [7, 11) is 1.75. The normalized spacial score (nSPS) is 20.5. The third kappa shape index (κ3) is 4.53. The standard InChI is InChI=1S/C17H18N8O5S3/c1-24-4-10(21-23-24)33-6-32-9-3-2-8-12(15(27)25(8)13(9)16(28)29)20-14(26)11(22-30)7-5-31-17(18)19-7/h4-5,8,12,30H,2-3,6H2,1H3,(H2,18,19)(H,20,26)(H,28,29)/b22-11-/t8-,12+/m1/s1. The van der Waals surface area contributed by atoms with E-state index in [1.165, 1.54) is 33.8 Å². The van der Waals surface area contributed by atoms with Gasteiger partial charge in [0, 0.05) is 17.3 Å². The summed E-state index contributed by atoms with van der Waals surface area (Å²) in [6.45, 7) is 0. The van der Waals surface area contributed by atoms with Crippen molar-refractivity contribution in [1.29, 1.82) is 0 Å². The van der Waals surface area contributed by atoms with Gasteiger partial charge in [-0.15, -0.1) is 28.2 Å². The number of hydrogen-bond acceptors (Lipinski definition) is 12. The number of oxime groups is 1. The van der Waals surface area contributed by atoms with Crippen molar-refractivity contribution >= 4 is 63.5 Å². The summed E-state index contributed by atoms with van der Waals surface area (Å²) in [6.07, 6.45) is 2.67. The second kappa shape index (κ2) is 9.40. The number of carbonyl (C=O) groups excluding carboxylic acids is 2. The van der Waals surface area contributed by atoms with Gasteiger partial charge in [0.25, 0.3) is 11.8 Å². The Kier molecular flexibility index (Phi) is 6.57. The van der Waals surface area contributed by atoms with E-state index in [-0.39, 0.29) is 22.2 Å². The zero-order valence-electron chi connectivity index (χ0n) is 17.0. The van der Waals surface area contributed by atoms with Gasteiger partial charge in [0.05, 0.1) is 17.3 Å². The lowest BCUT2D eigenvalue weighted by Gasteiger charge is -2.50. The van der Waals surface area contributed by atoms with Crippen LogP contribution in [0.3, 0.4) is 0 Å². The van der Waals surface area contributed by atoms with Gasteiger partial charge in [-0.2, -0.15) is 0 Å². The average molecular weight is 511 g/mol. The van der Waals surface area contributed by atoms with E-state index in [1.54, 1.807) is 17.9 Å². The van der Waals surface area contributed by atoms with Gasteiger partial charge in [0.2, 0.25) is 0 Å². The molecule has 33 heavy (non-hydrogen) atoms. The van der Waals surface area contributed by atoms with E-state index < -0.39 is 29.9 Å². The maximum Gasteiger partial charge on any atom is 0.353 e. The van der Waals surface area contributed by atoms with Crippen LogP contribution < -0.4 is 11.1 Å². The quantitative estimate of drug-likeness (QED) is 0.0954. The van der Waals surface area contributed by atoms with E-state index in [0.717, 1.165) is 11.3 Å². The Balaban J connectivity index is 1.43. The third-order valence-electron chi connectivity index (χ3n) is 4.98. The lowest BCUT2D eigenvalue weighted by Crippen LogP contribution is -2.72. The Morgan fingerprint density at radius 2 is 2.21 bits per heavy atom. The monoisotopic (exact) mass is 510 g/mol. The zero-order valence-corrected chi connectivity index (χ0v) is 19.5. The van der Waals surface area contributed by atoms with E-state index in [9.17, 15) is 24.7 Å². The van der Waals surface area contributed by atoms with Crippen LogP contribution in [0.25, 0.3) is 0 Å². The molecule has 0 bridgehead atoms. The Labute approximate surface area is 199 Å². The van der Waals surface area contributed by atoms with Crippen molar-refractivity contribution in [2.24, 2.45) is 12.2 Å². The fourth-order valence-corrected chi connectivity index (χ4v) is 6.28. The molecular formula is C17H18N8O5S3. The number of thiazole rings is 1. The molecule has 0 spiro atoms. The van der Waals surface area contributed by atoms with E-state index in [0.29, 0.717) is 27.9 Å². The highest BCUT2D eigenvalue weighted by Gasteiger charge is 2.53. The Morgan fingerprint density at radius 1 is 1.42 bits per heavy atom. The van der Waals surface area contributed by atoms with Gasteiger partial charge in [0.1, 0.15) is 22.5 Å². The molecule has 2 aromatic heterocycles. The number of carboxylic acid groups (broad SMARTS) is 1. The maximum atomic E-state index is 12.8. The summed E-state index contributed by atoms with van der Waals surface area (Å²) in [5, 5.41) is 35.2. The minimum absolute atomic E-state index is 0.0742. The second-order valence-electron chi connectivity index (χ2n) is 7.00. The van der Waals surface area contributed by atoms with Crippen molar-refractivity contribution in [3.05, 3.63) is 27.9 Å². The number of thioether (sulfide) groups is 2. The summed E-state index contributed by atoms with van der Waals surface area (Å²) in [5.74, 6) is -2.55. The molecule has 0 unspecified atom stereocenters. The molecule has 13 nitrogen and oxygen atoms in total. The van der Waals surface area contributed by atoms with Crippen LogP contribution in [0.2, 0.25) is 0 Å². The number of aryl methyl sites for hydroxylation is 1. The number of aromatic nitrogens is 4. The predicted octanol–water partition coefficient (Wildman–Crippen LogP) is 0.301. The van der Waals surface area contributed by atoms with Crippen LogP contribution >= 0.6 is 34.9 Å². The number of carbonyl (C=O) groups is 3. The molecule has 0 aliphatic carbocycles. The number of rotatable bonds is 8. The van der Waals surface area contributed by atoms with Crippen molar-refractivity contribution in [3.8, 4) is 0 Å². The van der Waals surface area contributed by atoms with Gasteiger partial charge in [-0.05, 0) is 12.8 Å². The number of hydrogen-bond donors (Lipinski definition) is 4. The number of aliphatic carboxylic acids is 1. The zero-order chi connectivity index (χ0) is 23.7. The molecule has 5 N–H and O–H groups in total. The Bertz CT molecular complexity index is 1180. The molecule has 4 heterocycles. The van der Waals surface area contributed by atoms with Gasteiger partial charge in [-0.1, -0.05) is 22.1 Å². The fraction of sp³-hybridized carbons (Fsp3) is 0.353. The number of fused-ring (bicyclic) bond motifs is 1. The fourth-order valence-electron chi connectivity index (χ4n) is 3.54. The lowest BCUT2D eigenvalue weighted by atomic mass is 9.86. The first-order chi connectivity index (χ1) is 15.8. The molecule has 0 aromatic carbocycles. The molecule has 2 amide bonds. The van der Waals surface area contributed by atoms with Gasteiger partial charge in [-0.25, -0.2) is 9.78 Å². The van der Waals surface area contributed by atoms with Crippen molar-refractivity contribution < 1.29 is 24.7 Å². The number of allylic oxidation sites excluding steroid dienone is 1. The molecule has 2 aliphatic heterocycles. The maximum absolute atomic E-state index is 12.8. The van der Waals surface area contributed by atoms with Crippen molar-refractivity contribution in [2.45, 2.75) is 30.0 Å². The number of β-lactam (4-membered cyclic amide) rings is 1. The molecule has 1 fully saturated rings. The smallest absolute Gasteiger partial charge is 0.353 e. The largest absolute Gasteiger partial charge is 0.477 e. The average Bonchev–Trinajstić information content (AvgIpc) is 3.39. The summed E-state index contributed by atoms with van der Waals surface area (Å²) >= 11 is 3.82. The lowest BCUT2D eigenvalue weighted by molar-refractivity contribution is -0.155. The third-order valence-corrected chi connectivity index (χ3v) is 7.83. The summed E-state index contributed by atoms with van der Waals surface area (Å²) in [4.78, 5) is 43.0. The molecule has 16 heteroatoms. The van der Waals surface area contributed by atoms with Gasteiger partial charge >= 0.3 is 5.97 Å². The molecule has 0 radical (unpaired) electrons. The van der Waals surface area contributed by atoms with Gasteiger partial charge < -0.3 is 21.4 Å². The number of carboxylic acids is 1. The minimum Gasteiger partial charge on any atom is -0.477 e. The van der Waals surface area contributed by atoms with E-state index in [1.807, 2.05) is 0 Å². The number of anilines is 1. The SMILES string of the molecule is Cn1cc(SCSC2=C(C(=O)O)N3C(=O)[C@@H](NC(=O)/C(=N\O)c4csc(N)n4)[C@H]3CC2)nn1. The first kappa shape index (κ1) is 23.1. The first-order valence-electron chi connectivity index (χ1n) is 9.46. The first-order valence-corrected chi connectivity index (χ1v) is 12.3. The molecule has 2 aliphatic rings. The molecule has 4 rings (SSSR count). The molecule has 0 saturated carbocycles. The van der Waals surface area contributed by atoms with Crippen LogP contribution in [0.4, 0.5) is 5.13 Å². The van der Waals surface area contributed by atoms with Gasteiger partial charge in [0.15, 0.2) is 10.8 Å². The van der Waals surface area contributed by atoms with Crippen molar-refractivity contribution in [1.82, 2.24) is 30.2 Å². The summed E-state index contributed by atoms with van der Waals surface area (Å²) in [6, 6.07) is -1.44. The number of nitrogen functional groups attached to an aromatic ring is 1. The van der Waals surface area contributed by atoms with Gasteiger partial charge in [-0.3, -0.25) is 19.2 Å². The van der Waals surface area contributed by atoms with Crippen LogP contribution in [0, 0.1) is 0 Å². The summed E-state index contributed by atoms with van der Waals surface area (Å²) in [5.41, 5.74) is 5.18. The highest BCUT2D eigenvalue weighted by Crippen LogP contribution is 2.42. The van der Waals surface area contributed by atoms with E-state index >= 15 is 0 Å². The number of amides is 2. The number of nitrogens with two attached hydrogens (primary N) is 1. The number of nitrogens with zero attached hydrogens (tertiary/aromatic N) is 6. The Hall–Kier alpha value is -3.11. The van der Waals surface area contributed by atoms with Crippen molar-refractivity contribution in [2.75, 3.05) is 10.8 Å². The second-order valence-corrected chi connectivity index (χ2v) is 10.3. The minimum atomic E-state index is -1.21. The Morgan fingerprint density at radius 3 is 2.82 bits per heavy atom. The van der Waals surface area contributed by atoms with E-state index in [4.69, 9.17) is 5.73 Å². The topological polar surface area (TPSA) is 189 Å². The molecule has 2 aromatic rings. The predicted molar refractivity (Wildman–Crippen MR) is 121 cm³/mol. The highest BCUT2D eigenvalue weighted by molar-refractivity contribution is 8.17. The number of nitrogens with one attached hydrogen (secondary N) is 1. The molecule has 1 saturated heterocycles. The van der Waals surface area contributed by atoms with Crippen LogP contribution in [0.15, 0.2) is 32.4 Å². The van der Waals surface area contributed by atoms with Crippen LogP contribution in [-0.4, -0.2) is 75.9 Å². The summed E-state index contributed by atoms with van der Waals surface area (Å²) < 4.78 is 1.57. The van der Waals surface area contributed by atoms with E-state index in [2.05, 4.69) is 25.8 Å².